The predicted octanol–water partition coefficient (Wildman–Crippen LogP) is 0.350. The molecule has 3 heterocycles. The summed E-state index contributed by atoms with van der Waals surface area (Å²) in [6.07, 6.45) is 5.96. The van der Waals surface area contributed by atoms with Gasteiger partial charge in [0.25, 0.3) is 10.2 Å². The molecule has 1 unspecified atom stereocenters. The first kappa shape index (κ1) is 17.5. The molecular weight excluding hydrogens is 330 g/mol. The van der Waals surface area contributed by atoms with Crippen molar-refractivity contribution in [3.05, 3.63) is 18.1 Å². The van der Waals surface area contributed by atoms with Crippen molar-refractivity contribution in [1.82, 2.24) is 18.6 Å². The van der Waals surface area contributed by atoms with E-state index in [-0.39, 0.29) is 5.92 Å². The van der Waals surface area contributed by atoms with E-state index in [1.165, 1.54) is 0 Å². The quantitative estimate of drug-likeness (QED) is 0.820. The van der Waals surface area contributed by atoms with E-state index in [9.17, 15) is 8.42 Å². The van der Waals surface area contributed by atoms with E-state index in [0.29, 0.717) is 39.4 Å². The molecule has 0 radical (unpaired) electrons. The Balaban J connectivity index is 1.67. The lowest BCUT2D eigenvalue weighted by molar-refractivity contribution is 0.0691. The molecule has 2 saturated heterocycles. The highest BCUT2D eigenvalue weighted by Gasteiger charge is 2.34. The number of piperidine rings is 1. The smallest absolute Gasteiger partial charge is 0.282 e. The Kier molecular flexibility index (Phi) is 5.65. The second-order valence-corrected chi connectivity index (χ2v) is 8.12. The lowest BCUT2D eigenvalue weighted by atomic mass is 9.94. The Bertz CT molecular complexity index is 648. The maximum atomic E-state index is 12.8. The minimum absolute atomic E-state index is 0.262. The van der Waals surface area contributed by atoms with E-state index < -0.39 is 10.2 Å². The number of nitrogens with one attached hydrogen (secondary N) is 1. The number of aromatic nitrogens is 2. The fourth-order valence-corrected chi connectivity index (χ4v) is 5.04. The average Bonchev–Trinajstić information content (AvgIpc) is 2.63. The summed E-state index contributed by atoms with van der Waals surface area (Å²) in [6.45, 7) is 2.97. The van der Waals surface area contributed by atoms with E-state index in [2.05, 4.69) is 15.3 Å². The number of ether oxygens (including phenoxy) is 1. The maximum absolute atomic E-state index is 12.8. The van der Waals surface area contributed by atoms with Crippen molar-refractivity contribution in [2.75, 3.05) is 51.8 Å². The molecule has 0 amide bonds. The molecule has 1 N–H and O–H groups in total. The Morgan fingerprint density at radius 2 is 1.96 bits per heavy atom. The summed E-state index contributed by atoms with van der Waals surface area (Å²) in [5.74, 6) is 1.03. The van der Waals surface area contributed by atoms with E-state index in [4.69, 9.17) is 4.74 Å². The first-order valence-electron chi connectivity index (χ1n) is 8.42. The van der Waals surface area contributed by atoms with Gasteiger partial charge < -0.3 is 10.1 Å². The Labute approximate surface area is 143 Å². The van der Waals surface area contributed by atoms with Gasteiger partial charge in [0.1, 0.15) is 5.82 Å². The van der Waals surface area contributed by atoms with Gasteiger partial charge in [-0.05, 0) is 25.2 Å². The van der Waals surface area contributed by atoms with Crippen LogP contribution < -0.4 is 5.32 Å². The van der Waals surface area contributed by atoms with Crippen LogP contribution in [0, 0.1) is 5.92 Å². The third kappa shape index (κ3) is 3.85. The van der Waals surface area contributed by atoms with Crippen LogP contribution in [0.25, 0.3) is 0 Å². The molecule has 3 rings (SSSR count). The molecule has 1 atom stereocenters. The van der Waals surface area contributed by atoms with Gasteiger partial charge >= 0.3 is 0 Å². The summed E-state index contributed by atoms with van der Waals surface area (Å²) < 4.78 is 34.1. The molecule has 2 aliphatic rings. The summed E-state index contributed by atoms with van der Waals surface area (Å²) in [5, 5.41) is 3.05. The predicted molar refractivity (Wildman–Crippen MR) is 90.9 cm³/mol. The van der Waals surface area contributed by atoms with Gasteiger partial charge in [-0.1, -0.05) is 0 Å². The molecule has 0 aliphatic carbocycles. The summed E-state index contributed by atoms with van der Waals surface area (Å²) in [7, 11) is -1.57. The van der Waals surface area contributed by atoms with Gasteiger partial charge in [-0.2, -0.15) is 17.0 Å². The van der Waals surface area contributed by atoms with Crippen molar-refractivity contribution in [2.24, 2.45) is 5.92 Å². The second kappa shape index (κ2) is 7.73. The molecule has 1 aromatic heterocycles. The number of morpholine rings is 1. The lowest BCUT2D eigenvalue weighted by Gasteiger charge is -2.36. The zero-order valence-electron chi connectivity index (χ0n) is 14.0. The molecule has 24 heavy (non-hydrogen) atoms. The number of nitrogens with zero attached hydrogens (tertiary/aromatic N) is 4. The third-order valence-electron chi connectivity index (χ3n) is 4.60. The number of rotatable bonds is 5. The van der Waals surface area contributed by atoms with Gasteiger partial charge in [-0.15, -0.1) is 0 Å². The van der Waals surface area contributed by atoms with Gasteiger partial charge in [0.2, 0.25) is 0 Å². The van der Waals surface area contributed by atoms with Gasteiger partial charge in [0.15, 0.2) is 0 Å². The minimum Gasteiger partial charge on any atom is -0.379 e. The second-order valence-electron chi connectivity index (χ2n) is 6.19. The van der Waals surface area contributed by atoms with Crippen LogP contribution in [-0.4, -0.2) is 73.4 Å². The zero-order chi connectivity index (χ0) is 17.0. The number of anilines is 1. The van der Waals surface area contributed by atoms with Gasteiger partial charge in [-0.3, -0.25) is 4.98 Å². The summed E-state index contributed by atoms with van der Waals surface area (Å²) in [5.41, 5.74) is 0.899. The largest absolute Gasteiger partial charge is 0.379 e. The fraction of sp³-hybridized carbons (Fsp3) is 0.733. The van der Waals surface area contributed by atoms with E-state index in [1.807, 2.05) is 7.05 Å². The van der Waals surface area contributed by atoms with E-state index in [1.54, 1.807) is 21.0 Å². The molecule has 134 valence electrons. The molecule has 0 spiro atoms. The summed E-state index contributed by atoms with van der Waals surface area (Å²) in [4.78, 5) is 8.68. The first-order chi connectivity index (χ1) is 11.6. The van der Waals surface area contributed by atoms with Crippen molar-refractivity contribution in [3.8, 4) is 0 Å². The number of hydrogen-bond acceptors (Lipinski definition) is 6. The standard InChI is InChI=1S/C15H25N5O3S/c1-16-15-14(17-4-5-18-15)11-13-3-2-6-20(12-13)24(21,22)19-7-9-23-10-8-19/h4-5,13H,2-3,6-12H2,1H3,(H,16,18). The monoisotopic (exact) mass is 355 g/mol. The molecule has 2 aliphatic heterocycles. The van der Waals surface area contributed by atoms with Crippen LogP contribution in [0.4, 0.5) is 5.82 Å². The highest BCUT2D eigenvalue weighted by molar-refractivity contribution is 7.86. The van der Waals surface area contributed by atoms with Gasteiger partial charge in [0, 0.05) is 45.6 Å². The molecule has 8 nitrogen and oxygen atoms in total. The summed E-state index contributed by atoms with van der Waals surface area (Å²) >= 11 is 0. The van der Waals surface area contributed by atoms with Crippen LogP contribution >= 0.6 is 0 Å². The maximum Gasteiger partial charge on any atom is 0.282 e. The van der Waals surface area contributed by atoms with Crippen LogP contribution in [0.15, 0.2) is 12.4 Å². The Morgan fingerprint density at radius 3 is 2.71 bits per heavy atom. The molecule has 0 bridgehead atoms. The molecule has 1 aromatic rings. The van der Waals surface area contributed by atoms with Crippen molar-refractivity contribution in [3.63, 3.8) is 0 Å². The summed E-state index contributed by atoms with van der Waals surface area (Å²) in [6, 6.07) is 0. The Morgan fingerprint density at radius 1 is 1.21 bits per heavy atom. The highest BCUT2D eigenvalue weighted by Crippen LogP contribution is 2.25. The van der Waals surface area contributed by atoms with E-state index >= 15 is 0 Å². The fourth-order valence-electron chi connectivity index (χ4n) is 3.34. The Hall–Kier alpha value is -1.29. The van der Waals surface area contributed by atoms with Crippen molar-refractivity contribution >= 4 is 16.0 Å². The molecule has 0 saturated carbocycles. The van der Waals surface area contributed by atoms with Crippen molar-refractivity contribution in [1.29, 1.82) is 0 Å². The lowest BCUT2D eigenvalue weighted by Crippen LogP contribution is -2.51. The topological polar surface area (TPSA) is 87.7 Å². The molecule has 9 heteroatoms. The highest BCUT2D eigenvalue weighted by atomic mass is 32.2. The minimum atomic E-state index is -3.39. The van der Waals surface area contributed by atoms with Crippen LogP contribution in [0.5, 0.6) is 0 Å². The zero-order valence-corrected chi connectivity index (χ0v) is 14.8. The van der Waals surface area contributed by atoms with Crippen molar-refractivity contribution in [2.45, 2.75) is 19.3 Å². The van der Waals surface area contributed by atoms with Crippen LogP contribution in [0.1, 0.15) is 18.5 Å². The third-order valence-corrected chi connectivity index (χ3v) is 6.60. The SMILES string of the molecule is CNc1nccnc1CC1CCCN(S(=O)(=O)N2CCOCC2)C1. The van der Waals surface area contributed by atoms with Gasteiger partial charge in [-0.25, -0.2) is 4.98 Å². The van der Waals surface area contributed by atoms with Crippen molar-refractivity contribution < 1.29 is 13.2 Å². The van der Waals surface area contributed by atoms with Crippen LogP contribution in [0.2, 0.25) is 0 Å². The molecule has 0 aromatic carbocycles. The number of hydrogen-bond donors (Lipinski definition) is 1. The van der Waals surface area contributed by atoms with E-state index in [0.717, 1.165) is 30.8 Å². The van der Waals surface area contributed by atoms with Crippen LogP contribution in [0.3, 0.4) is 0 Å². The molecule has 2 fully saturated rings. The van der Waals surface area contributed by atoms with Crippen LogP contribution in [-0.2, 0) is 21.4 Å². The van der Waals surface area contributed by atoms with Gasteiger partial charge in [0.05, 0.1) is 18.9 Å². The normalized spacial score (nSPS) is 24.0. The average molecular weight is 355 g/mol. The first-order valence-corrected chi connectivity index (χ1v) is 9.81. The molecular formula is C15H25N5O3S.